The lowest BCUT2D eigenvalue weighted by Crippen LogP contribution is -2.17. The summed E-state index contributed by atoms with van der Waals surface area (Å²) in [6.07, 6.45) is 1.21. The minimum Gasteiger partial charge on any atom is -0.504 e. The molecule has 2 N–H and O–H groups in total. The van der Waals surface area contributed by atoms with Gasteiger partial charge in [0, 0.05) is 16.1 Å². The molecular formula is C16H13BrCl2N2O3. The van der Waals surface area contributed by atoms with Gasteiger partial charge in [0.05, 0.1) is 28.4 Å². The van der Waals surface area contributed by atoms with Crippen molar-refractivity contribution in [1.29, 1.82) is 0 Å². The molecule has 1 amide bonds. The Morgan fingerprint density at radius 3 is 2.83 bits per heavy atom. The largest absolute Gasteiger partial charge is 0.504 e. The van der Waals surface area contributed by atoms with E-state index in [1.165, 1.54) is 12.3 Å². The Morgan fingerprint density at radius 1 is 1.42 bits per heavy atom. The third-order valence-electron chi connectivity index (χ3n) is 2.94. The van der Waals surface area contributed by atoms with E-state index in [0.717, 1.165) is 4.47 Å². The van der Waals surface area contributed by atoms with Crippen LogP contribution in [0.4, 0.5) is 0 Å². The van der Waals surface area contributed by atoms with Crippen LogP contribution in [0.1, 0.15) is 22.8 Å². The fraction of sp³-hybridized carbons (Fsp3) is 0.125. The van der Waals surface area contributed by atoms with E-state index in [9.17, 15) is 9.90 Å². The number of ether oxygens (including phenoxy) is 1. The molecule has 2 rings (SSSR count). The molecule has 0 heterocycles. The number of hydrogen-bond donors (Lipinski definition) is 2. The summed E-state index contributed by atoms with van der Waals surface area (Å²) in [5, 5.41) is 14.3. The Kier molecular flexibility index (Phi) is 6.48. The van der Waals surface area contributed by atoms with Gasteiger partial charge in [0.1, 0.15) is 0 Å². The third-order valence-corrected chi connectivity index (χ3v) is 4.23. The lowest BCUT2D eigenvalue weighted by atomic mass is 10.2. The normalized spacial score (nSPS) is 10.8. The molecule has 2 aromatic carbocycles. The first-order chi connectivity index (χ1) is 11.4. The second-order valence-corrected chi connectivity index (χ2v) is 6.28. The Morgan fingerprint density at radius 2 is 2.17 bits per heavy atom. The van der Waals surface area contributed by atoms with Gasteiger partial charge in [-0.1, -0.05) is 45.2 Å². The summed E-state index contributed by atoms with van der Waals surface area (Å²) in [4.78, 5) is 12.0. The van der Waals surface area contributed by atoms with Crippen LogP contribution < -0.4 is 10.2 Å². The van der Waals surface area contributed by atoms with Gasteiger partial charge >= 0.3 is 0 Å². The Balaban J connectivity index is 2.21. The number of nitrogens with one attached hydrogen (secondary N) is 1. The van der Waals surface area contributed by atoms with Gasteiger partial charge in [-0.05, 0) is 25.1 Å². The van der Waals surface area contributed by atoms with Crippen LogP contribution in [-0.2, 0) is 0 Å². The standard InChI is InChI=1S/C16H13BrCl2N2O3/c1-2-24-13-7-12(18)14(19)11(15(13)22)8-20-21-16(23)9-4-3-5-10(17)6-9/h3-8,22H,2H2,1H3,(H,21,23)/b20-8-. The number of phenolic OH excluding ortho intramolecular Hbond substituents is 1. The highest BCUT2D eigenvalue weighted by Gasteiger charge is 2.15. The Hall–Kier alpha value is -1.76. The zero-order valence-electron chi connectivity index (χ0n) is 12.5. The van der Waals surface area contributed by atoms with Gasteiger partial charge in [-0.15, -0.1) is 0 Å². The van der Waals surface area contributed by atoms with Crippen molar-refractivity contribution in [1.82, 2.24) is 5.43 Å². The molecular weight excluding hydrogens is 419 g/mol. The summed E-state index contributed by atoms with van der Waals surface area (Å²) < 4.78 is 6.05. The lowest BCUT2D eigenvalue weighted by molar-refractivity contribution is 0.0955. The number of nitrogens with zero attached hydrogens (tertiary/aromatic N) is 1. The molecule has 2 aromatic rings. The quantitative estimate of drug-likeness (QED) is 0.535. The molecule has 0 radical (unpaired) electrons. The van der Waals surface area contributed by atoms with E-state index in [0.29, 0.717) is 12.2 Å². The molecule has 0 aromatic heterocycles. The van der Waals surface area contributed by atoms with Crippen LogP contribution in [-0.4, -0.2) is 23.8 Å². The van der Waals surface area contributed by atoms with Gasteiger partial charge in [0.25, 0.3) is 5.91 Å². The molecule has 0 saturated carbocycles. The van der Waals surface area contributed by atoms with Crippen molar-refractivity contribution in [2.24, 2.45) is 5.10 Å². The molecule has 5 nitrogen and oxygen atoms in total. The van der Waals surface area contributed by atoms with Crippen LogP contribution in [0.25, 0.3) is 0 Å². The van der Waals surface area contributed by atoms with Crippen molar-refractivity contribution in [3.8, 4) is 11.5 Å². The summed E-state index contributed by atoms with van der Waals surface area (Å²) in [6, 6.07) is 8.25. The first-order valence-corrected chi connectivity index (χ1v) is 8.41. The van der Waals surface area contributed by atoms with Gasteiger partial charge in [-0.2, -0.15) is 5.10 Å². The first kappa shape index (κ1) is 18.6. The van der Waals surface area contributed by atoms with Gasteiger partial charge < -0.3 is 9.84 Å². The number of halogens is 3. The number of benzene rings is 2. The van der Waals surface area contributed by atoms with Crippen molar-refractivity contribution < 1.29 is 14.6 Å². The fourth-order valence-electron chi connectivity index (χ4n) is 1.85. The van der Waals surface area contributed by atoms with Crippen LogP contribution in [0.15, 0.2) is 39.9 Å². The van der Waals surface area contributed by atoms with Crippen LogP contribution >= 0.6 is 39.1 Å². The average Bonchev–Trinajstić information content (AvgIpc) is 2.55. The molecule has 24 heavy (non-hydrogen) atoms. The smallest absolute Gasteiger partial charge is 0.271 e. The van der Waals surface area contributed by atoms with E-state index >= 15 is 0 Å². The molecule has 0 unspecified atom stereocenters. The molecule has 0 aliphatic rings. The summed E-state index contributed by atoms with van der Waals surface area (Å²) >= 11 is 15.4. The molecule has 0 spiro atoms. The number of amides is 1. The maximum absolute atomic E-state index is 12.0. The molecule has 0 fully saturated rings. The highest BCUT2D eigenvalue weighted by molar-refractivity contribution is 9.10. The molecule has 0 aliphatic heterocycles. The number of rotatable bonds is 5. The Bertz CT molecular complexity index is 797. The summed E-state index contributed by atoms with van der Waals surface area (Å²) in [5.74, 6) is -0.423. The number of aromatic hydroxyl groups is 1. The zero-order valence-corrected chi connectivity index (χ0v) is 15.6. The van der Waals surface area contributed by atoms with Crippen LogP contribution in [0.5, 0.6) is 11.5 Å². The monoisotopic (exact) mass is 430 g/mol. The topological polar surface area (TPSA) is 70.9 Å². The molecule has 0 aliphatic carbocycles. The third kappa shape index (κ3) is 4.41. The second-order valence-electron chi connectivity index (χ2n) is 4.58. The van der Waals surface area contributed by atoms with E-state index in [1.807, 2.05) is 0 Å². The molecule has 8 heteroatoms. The number of hydrogen-bond acceptors (Lipinski definition) is 4. The minimum absolute atomic E-state index is 0.109. The predicted molar refractivity (Wildman–Crippen MR) is 98.5 cm³/mol. The predicted octanol–water partition coefficient (Wildman–Crippen LogP) is 4.62. The van der Waals surface area contributed by atoms with Crippen molar-refractivity contribution in [3.63, 3.8) is 0 Å². The molecule has 0 saturated heterocycles. The van der Waals surface area contributed by atoms with Crippen molar-refractivity contribution in [2.75, 3.05) is 6.61 Å². The van der Waals surface area contributed by atoms with Gasteiger partial charge in [0.15, 0.2) is 11.5 Å². The van der Waals surface area contributed by atoms with E-state index in [1.54, 1.807) is 31.2 Å². The molecule has 126 valence electrons. The number of carbonyl (C=O) groups excluding carboxylic acids is 1. The summed E-state index contributed by atoms with van der Waals surface area (Å²) in [6.45, 7) is 2.12. The molecule has 0 bridgehead atoms. The van der Waals surface area contributed by atoms with E-state index < -0.39 is 5.91 Å². The average molecular weight is 432 g/mol. The van der Waals surface area contributed by atoms with Crippen LogP contribution in [0.2, 0.25) is 10.0 Å². The maximum Gasteiger partial charge on any atom is 0.271 e. The fourth-order valence-corrected chi connectivity index (χ4v) is 2.64. The first-order valence-electron chi connectivity index (χ1n) is 6.86. The molecule has 0 atom stereocenters. The van der Waals surface area contributed by atoms with Crippen molar-refractivity contribution in [3.05, 3.63) is 56.0 Å². The van der Waals surface area contributed by atoms with Crippen LogP contribution in [0, 0.1) is 0 Å². The number of hydrazone groups is 1. The van der Waals surface area contributed by atoms with Gasteiger partial charge in [-0.3, -0.25) is 4.79 Å². The summed E-state index contributed by atoms with van der Waals surface area (Å²) in [5.41, 5.74) is 2.94. The summed E-state index contributed by atoms with van der Waals surface area (Å²) in [7, 11) is 0. The van der Waals surface area contributed by atoms with E-state index in [-0.39, 0.29) is 27.1 Å². The second kappa shape index (κ2) is 8.37. The van der Waals surface area contributed by atoms with Crippen molar-refractivity contribution >= 4 is 51.3 Å². The van der Waals surface area contributed by atoms with E-state index in [4.69, 9.17) is 27.9 Å². The van der Waals surface area contributed by atoms with E-state index in [2.05, 4.69) is 26.5 Å². The number of carbonyl (C=O) groups is 1. The highest BCUT2D eigenvalue weighted by Crippen LogP contribution is 2.39. The van der Waals surface area contributed by atoms with Crippen molar-refractivity contribution in [2.45, 2.75) is 6.92 Å². The highest BCUT2D eigenvalue weighted by atomic mass is 79.9. The van der Waals surface area contributed by atoms with Gasteiger partial charge in [0.2, 0.25) is 0 Å². The zero-order chi connectivity index (χ0) is 17.7. The SMILES string of the molecule is CCOc1cc(Cl)c(Cl)c(/C=N\NC(=O)c2cccc(Br)c2)c1O. The van der Waals surface area contributed by atoms with Crippen LogP contribution in [0.3, 0.4) is 0 Å². The minimum atomic E-state index is -0.407. The number of phenols is 1. The Labute approximate surface area is 157 Å². The lowest BCUT2D eigenvalue weighted by Gasteiger charge is -2.10. The maximum atomic E-state index is 12.0. The van der Waals surface area contributed by atoms with Gasteiger partial charge in [-0.25, -0.2) is 5.43 Å².